The van der Waals surface area contributed by atoms with E-state index in [0.29, 0.717) is 11.7 Å². The number of carbonyl (C=O) groups excluding carboxylic acids is 1. The molecule has 0 bridgehead atoms. The minimum atomic E-state index is 0. The molecule has 0 aliphatic carbocycles. The van der Waals surface area contributed by atoms with Gasteiger partial charge in [0.25, 0.3) is 5.91 Å². The molecule has 0 radical (unpaired) electrons. The summed E-state index contributed by atoms with van der Waals surface area (Å²) < 4.78 is 1.94. The van der Waals surface area contributed by atoms with Crippen molar-refractivity contribution in [3.8, 4) is 0 Å². The largest absolute Gasteiger partial charge is 0.340 e. The Kier molecular flexibility index (Phi) is 8.95. The normalized spacial score (nSPS) is 17.3. The zero-order valence-electron chi connectivity index (χ0n) is 14.0. The Bertz CT molecular complexity index is 483. The second kappa shape index (κ2) is 10.4. The molecule has 0 saturated carbocycles. The summed E-state index contributed by atoms with van der Waals surface area (Å²) >= 11 is 0. The predicted molar refractivity (Wildman–Crippen MR) is 96.2 cm³/mol. The van der Waals surface area contributed by atoms with Gasteiger partial charge in [0.05, 0.1) is 6.04 Å². The summed E-state index contributed by atoms with van der Waals surface area (Å²) in [6, 6.07) is 2.21. The molecule has 1 aromatic rings. The van der Waals surface area contributed by atoms with Crippen molar-refractivity contribution in [1.29, 1.82) is 0 Å². The van der Waals surface area contributed by atoms with E-state index in [4.69, 9.17) is 0 Å². The number of nitrogens with zero attached hydrogens (tertiary/aromatic N) is 3. The van der Waals surface area contributed by atoms with Gasteiger partial charge >= 0.3 is 0 Å². The van der Waals surface area contributed by atoms with Crippen LogP contribution in [0.2, 0.25) is 0 Å². The molecule has 5 nitrogen and oxygen atoms in total. The number of carbonyl (C=O) groups is 1. The molecule has 1 aromatic heterocycles. The van der Waals surface area contributed by atoms with Gasteiger partial charge in [0.2, 0.25) is 0 Å². The maximum atomic E-state index is 12.4. The fraction of sp³-hybridized carbons (Fsp3) is 0.647. The number of piperidine rings is 1. The highest BCUT2D eigenvalue weighted by Gasteiger charge is 2.19. The number of amides is 1. The monoisotopic (exact) mass is 340 g/mol. The average molecular weight is 341 g/mol. The van der Waals surface area contributed by atoms with E-state index in [9.17, 15) is 4.79 Å². The molecule has 1 aliphatic rings. The summed E-state index contributed by atoms with van der Waals surface area (Å²) in [6.45, 7) is 6.53. The highest BCUT2D eigenvalue weighted by Crippen LogP contribution is 2.16. The van der Waals surface area contributed by atoms with E-state index >= 15 is 0 Å². The number of unbranched alkanes of at least 4 members (excludes halogenated alkanes) is 3. The van der Waals surface area contributed by atoms with Crippen molar-refractivity contribution in [3.63, 3.8) is 0 Å². The maximum absolute atomic E-state index is 12.4. The lowest BCUT2D eigenvalue weighted by molar-refractivity contribution is 0.0785. The van der Waals surface area contributed by atoms with Crippen LogP contribution in [0.4, 0.5) is 0 Å². The molecule has 2 rings (SSSR count). The average Bonchev–Trinajstić information content (AvgIpc) is 3.04. The molecule has 6 heteroatoms. The first kappa shape index (κ1) is 19.7. The molecule has 1 fully saturated rings. The number of aromatic nitrogens is 2. The van der Waals surface area contributed by atoms with E-state index < -0.39 is 0 Å². The number of rotatable bonds is 8. The molecule has 23 heavy (non-hydrogen) atoms. The lowest BCUT2D eigenvalue weighted by Gasteiger charge is -2.23. The van der Waals surface area contributed by atoms with Gasteiger partial charge < -0.3 is 10.2 Å². The molecule has 0 spiro atoms. The summed E-state index contributed by atoms with van der Waals surface area (Å²) in [7, 11) is 1.86. The quantitative estimate of drug-likeness (QED) is 0.584. The predicted octanol–water partition coefficient (Wildman–Crippen LogP) is 3.05. The van der Waals surface area contributed by atoms with Gasteiger partial charge in [-0.2, -0.15) is 5.10 Å². The van der Waals surface area contributed by atoms with E-state index in [1.807, 2.05) is 30.1 Å². The first-order chi connectivity index (χ1) is 10.7. The van der Waals surface area contributed by atoms with Crippen LogP contribution in [0.5, 0.6) is 0 Å². The smallest absolute Gasteiger partial charge is 0.274 e. The maximum Gasteiger partial charge on any atom is 0.274 e. The summed E-state index contributed by atoms with van der Waals surface area (Å²) in [4.78, 5) is 14.2. The standard InChI is InChI=1S/C17H28N4O.ClH/c1-3-4-5-6-7-12-20(2)17(22)16-10-13-21(19-16)15-9-8-11-18-14-15;/h3,10,13,15,18H,1,4-9,11-12,14H2,2H3;1H. The number of hydrogen-bond acceptors (Lipinski definition) is 3. The van der Waals surface area contributed by atoms with Crippen LogP contribution in [-0.4, -0.2) is 47.3 Å². The van der Waals surface area contributed by atoms with Crippen LogP contribution in [0.1, 0.15) is 55.1 Å². The summed E-state index contributed by atoms with van der Waals surface area (Å²) in [5.41, 5.74) is 0.555. The Balaban J connectivity index is 0.00000264. The van der Waals surface area contributed by atoms with Crippen LogP contribution in [-0.2, 0) is 0 Å². The molecule has 0 aromatic carbocycles. The zero-order chi connectivity index (χ0) is 15.8. The second-order valence-electron chi connectivity index (χ2n) is 6.05. The first-order valence-corrected chi connectivity index (χ1v) is 8.34. The Morgan fingerprint density at radius 1 is 1.52 bits per heavy atom. The van der Waals surface area contributed by atoms with Crippen molar-refractivity contribution in [2.45, 2.75) is 44.6 Å². The highest BCUT2D eigenvalue weighted by molar-refractivity contribution is 5.91. The van der Waals surface area contributed by atoms with Crippen LogP contribution < -0.4 is 5.32 Å². The molecular formula is C17H29ClN4O. The van der Waals surface area contributed by atoms with E-state index in [2.05, 4.69) is 17.0 Å². The Labute approximate surface area is 145 Å². The molecule has 1 unspecified atom stereocenters. The fourth-order valence-electron chi connectivity index (χ4n) is 2.83. The van der Waals surface area contributed by atoms with Crippen molar-refractivity contribution < 1.29 is 4.79 Å². The third-order valence-corrected chi connectivity index (χ3v) is 4.22. The van der Waals surface area contributed by atoms with Gasteiger partial charge in [-0.15, -0.1) is 19.0 Å². The van der Waals surface area contributed by atoms with Crippen molar-refractivity contribution >= 4 is 18.3 Å². The van der Waals surface area contributed by atoms with E-state index in [1.54, 1.807) is 4.90 Å². The number of allylic oxidation sites excluding steroid dienone is 1. The Hall–Kier alpha value is -1.33. The van der Waals surface area contributed by atoms with Gasteiger partial charge in [-0.25, -0.2) is 0 Å². The fourth-order valence-corrected chi connectivity index (χ4v) is 2.83. The van der Waals surface area contributed by atoms with Crippen molar-refractivity contribution in [2.75, 3.05) is 26.7 Å². The lowest BCUT2D eigenvalue weighted by atomic mass is 10.1. The molecule has 130 valence electrons. The third-order valence-electron chi connectivity index (χ3n) is 4.22. The van der Waals surface area contributed by atoms with Crippen molar-refractivity contribution in [1.82, 2.24) is 20.0 Å². The van der Waals surface area contributed by atoms with Crippen LogP contribution >= 0.6 is 12.4 Å². The van der Waals surface area contributed by atoms with E-state index in [1.165, 1.54) is 6.42 Å². The van der Waals surface area contributed by atoms with Crippen molar-refractivity contribution in [2.24, 2.45) is 0 Å². The van der Waals surface area contributed by atoms with Gasteiger partial charge in [0, 0.05) is 26.3 Å². The van der Waals surface area contributed by atoms with Gasteiger partial charge in [0.15, 0.2) is 0 Å². The van der Waals surface area contributed by atoms with Gasteiger partial charge in [-0.3, -0.25) is 9.48 Å². The number of halogens is 1. The minimum Gasteiger partial charge on any atom is -0.340 e. The number of hydrogen-bond donors (Lipinski definition) is 1. The van der Waals surface area contributed by atoms with Gasteiger partial charge in [0.1, 0.15) is 5.69 Å². The SMILES string of the molecule is C=CCCCCCN(C)C(=O)c1ccn(C2CCCNC2)n1.Cl. The van der Waals surface area contributed by atoms with Crippen LogP contribution in [0.3, 0.4) is 0 Å². The van der Waals surface area contributed by atoms with Crippen LogP contribution in [0, 0.1) is 0 Å². The lowest BCUT2D eigenvalue weighted by Crippen LogP contribution is -2.32. The molecule has 1 aliphatic heterocycles. The molecule has 1 saturated heterocycles. The summed E-state index contributed by atoms with van der Waals surface area (Å²) in [6.07, 6.45) is 10.5. The van der Waals surface area contributed by atoms with Crippen molar-refractivity contribution in [3.05, 3.63) is 30.6 Å². The Morgan fingerprint density at radius 2 is 2.35 bits per heavy atom. The molecule has 1 atom stereocenters. The Morgan fingerprint density at radius 3 is 3.04 bits per heavy atom. The second-order valence-corrected chi connectivity index (χ2v) is 6.05. The highest BCUT2D eigenvalue weighted by atomic mass is 35.5. The number of nitrogens with one attached hydrogen (secondary N) is 1. The minimum absolute atomic E-state index is 0. The van der Waals surface area contributed by atoms with Crippen LogP contribution in [0.15, 0.2) is 24.9 Å². The third kappa shape index (κ3) is 5.99. The van der Waals surface area contributed by atoms with Gasteiger partial charge in [-0.05, 0) is 44.7 Å². The molecule has 2 heterocycles. The first-order valence-electron chi connectivity index (χ1n) is 8.34. The molecule has 1 N–H and O–H groups in total. The van der Waals surface area contributed by atoms with E-state index in [-0.39, 0.29) is 18.3 Å². The summed E-state index contributed by atoms with van der Waals surface area (Å²) in [5, 5.41) is 7.86. The van der Waals surface area contributed by atoms with Crippen LogP contribution in [0.25, 0.3) is 0 Å². The summed E-state index contributed by atoms with van der Waals surface area (Å²) in [5.74, 6) is 0.0197. The topological polar surface area (TPSA) is 50.2 Å². The van der Waals surface area contributed by atoms with E-state index in [0.717, 1.165) is 51.7 Å². The zero-order valence-corrected chi connectivity index (χ0v) is 14.9. The molecular weight excluding hydrogens is 312 g/mol. The van der Waals surface area contributed by atoms with Gasteiger partial charge in [-0.1, -0.05) is 12.5 Å². The molecule has 1 amide bonds.